The first kappa shape index (κ1) is 11.8. The van der Waals surface area contributed by atoms with Crippen LogP contribution in [0.25, 0.3) is 0 Å². The molecule has 88 valence electrons. The van der Waals surface area contributed by atoms with Gasteiger partial charge >= 0.3 is 0 Å². The molecule has 0 amide bonds. The summed E-state index contributed by atoms with van der Waals surface area (Å²) in [4.78, 5) is 0. The largest absolute Gasteiger partial charge is 0.388 e. The van der Waals surface area contributed by atoms with E-state index in [0.29, 0.717) is 12.8 Å². The van der Waals surface area contributed by atoms with Gasteiger partial charge in [0, 0.05) is 10.6 Å². The van der Waals surface area contributed by atoms with Gasteiger partial charge in [-0.2, -0.15) is 0 Å². The van der Waals surface area contributed by atoms with Gasteiger partial charge in [-0.15, -0.1) is 0 Å². The molecule has 0 saturated heterocycles. The van der Waals surface area contributed by atoms with Gasteiger partial charge in [0.1, 0.15) is 5.82 Å². The Balaban J connectivity index is 2.36. The third-order valence-electron chi connectivity index (χ3n) is 3.36. The van der Waals surface area contributed by atoms with Gasteiger partial charge in [-0.1, -0.05) is 30.5 Å². The molecule has 1 aromatic carbocycles. The summed E-state index contributed by atoms with van der Waals surface area (Å²) in [7, 11) is 0. The van der Waals surface area contributed by atoms with Crippen molar-refractivity contribution in [1.29, 1.82) is 0 Å². The Labute approximate surface area is 99.2 Å². The molecule has 1 saturated carbocycles. The van der Waals surface area contributed by atoms with Gasteiger partial charge in [-0.05, 0) is 25.0 Å². The highest BCUT2D eigenvalue weighted by molar-refractivity contribution is 6.31. The zero-order valence-corrected chi connectivity index (χ0v) is 9.67. The Morgan fingerprint density at radius 3 is 2.56 bits per heavy atom. The first-order chi connectivity index (χ1) is 7.54. The van der Waals surface area contributed by atoms with E-state index in [-0.39, 0.29) is 10.6 Å². The summed E-state index contributed by atoms with van der Waals surface area (Å²) in [5, 5.41) is 10.6. The van der Waals surface area contributed by atoms with Crippen LogP contribution in [-0.4, -0.2) is 10.7 Å². The second-order valence-electron chi connectivity index (χ2n) is 4.42. The maximum absolute atomic E-state index is 13.6. The Morgan fingerprint density at radius 2 is 2.00 bits per heavy atom. The molecular formula is C12H15ClFNO. The standard InChI is InChI=1S/C12H15ClFNO/c13-8-4-3-5-9(14)10(8)11(15)12(16)6-1-2-7-12/h3-5,11,16H,1-2,6-7,15H2. The molecule has 0 heterocycles. The second-order valence-corrected chi connectivity index (χ2v) is 4.83. The van der Waals surface area contributed by atoms with E-state index in [1.165, 1.54) is 12.1 Å². The third kappa shape index (κ3) is 1.95. The molecule has 1 unspecified atom stereocenters. The van der Waals surface area contributed by atoms with E-state index >= 15 is 0 Å². The van der Waals surface area contributed by atoms with Gasteiger partial charge in [-0.3, -0.25) is 0 Å². The fourth-order valence-electron chi connectivity index (χ4n) is 2.37. The quantitative estimate of drug-likeness (QED) is 0.839. The molecule has 4 heteroatoms. The van der Waals surface area contributed by atoms with E-state index in [9.17, 15) is 9.50 Å². The van der Waals surface area contributed by atoms with E-state index in [0.717, 1.165) is 12.8 Å². The lowest BCUT2D eigenvalue weighted by Gasteiger charge is -2.30. The minimum Gasteiger partial charge on any atom is -0.388 e. The van der Waals surface area contributed by atoms with Gasteiger partial charge in [0.05, 0.1) is 11.6 Å². The molecule has 0 spiro atoms. The smallest absolute Gasteiger partial charge is 0.129 e. The van der Waals surface area contributed by atoms with E-state index < -0.39 is 17.5 Å². The van der Waals surface area contributed by atoms with Crippen molar-refractivity contribution in [3.63, 3.8) is 0 Å². The summed E-state index contributed by atoms with van der Waals surface area (Å²) < 4.78 is 13.6. The van der Waals surface area contributed by atoms with Crippen LogP contribution in [0.5, 0.6) is 0 Å². The van der Waals surface area contributed by atoms with E-state index in [2.05, 4.69) is 0 Å². The van der Waals surface area contributed by atoms with Gasteiger partial charge in [0.2, 0.25) is 0 Å². The lowest BCUT2D eigenvalue weighted by atomic mass is 9.87. The number of hydrogen-bond donors (Lipinski definition) is 2. The number of halogens is 2. The maximum Gasteiger partial charge on any atom is 0.129 e. The van der Waals surface area contributed by atoms with Gasteiger partial charge in [0.15, 0.2) is 0 Å². The fourth-order valence-corrected chi connectivity index (χ4v) is 2.66. The topological polar surface area (TPSA) is 46.2 Å². The minimum absolute atomic E-state index is 0.230. The van der Waals surface area contributed by atoms with Crippen molar-refractivity contribution in [3.05, 3.63) is 34.6 Å². The van der Waals surface area contributed by atoms with Crippen LogP contribution < -0.4 is 5.73 Å². The molecule has 1 aliphatic carbocycles. The normalized spacial score (nSPS) is 21.0. The minimum atomic E-state index is -1.01. The summed E-state index contributed by atoms with van der Waals surface area (Å²) in [6.07, 6.45) is 3.07. The van der Waals surface area contributed by atoms with Crippen molar-refractivity contribution in [3.8, 4) is 0 Å². The second kappa shape index (κ2) is 4.32. The van der Waals surface area contributed by atoms with Crippen LogP contribution >= 0.6 is 11.6 Å². The van der Waals surface area contributed by atoms with Crippen LogP contribution in [0.4, 0.5) is 4.39 Å². The molecule has 3 N–H and O–H groups in total. The van der Waals surface area contributed by atoms with Gasteiger partial charge in [0.25, 0.3) is 0 Å². The summed E-state index contributed by atoms with van der Waals surface area (Å²) >= 11 is 5.93. The molecule has 1 aromatic rings. The zero-order chi connectivity index (χ0) is 11.8. The lowest BCUT2D eigenvalue weighted by molar-refractivity contribution is 0.0193. The Hall–Kier alpha value is -0.640. The molecule has 1 fully saturated rings. The summed E-state index contributed by atoms with van der Waals surface area (Å²) in [5.41, 5.74) is 5.18. The van der Waals surface area contributed by atoms with Crippen LogP contribution in [0.2, 0.25) is 5.02 Å². The lowest BCUT2D eigenvalue weighted by Crippen LogP contribution is -2.39. The van der Waals surface area contributed by atoms with Crippen molar-refractivity contribution in [1.82, 2.24) is 0 Å². The van der Waals surface area contributed by atoms with Gasteiger partial charge in [-0.25, -0.2) is 4.39 Å². The molecule has 0 bridgehead atoms. The first-order valence-electron chi connectivity index (χ1n) is 5.46. The van der Waals surface area contributed by atoms with Crippen molar-refractivity contribution in [2.24, 2.45) is 5.73 Å². The molecule has 0 radical (unpaired) electrons. The monoisotopic (exact) mass is 243 g/mol. The molecule has 2 nitrogen and oxygen atoms in total. The third-order valence-corrected chi connectivity index (χ3v) is 3.69. The number of rotatable bonds is 2. The predicted octanol–water partition coefficient (Wildman–Crippen LogP) is 2.78. The van der Waals surface area contributed by atoms with Crippen LogP contribution in [0, 0.1) is 5.82 Å². The van der Waals surface area contributed by atoms with Crippen molar-refractivity contribution < 1.29 is 9.50 Å². The Kier molecular flexibility index (Phi) is 3.19. The molecule has 0 aliphatic heterocycles. The van der Waals surface area contributed by atoms with Crippen LogP contribution in [0.3, 0.4) is 0 Å². The molecule has 1 atom stereocenters. The highest BCUT2D eigenvalue weighted by Crippen LogP contribution is 2.40. The molecule has 16 heavy (non-hydrogen) atoms. The molecular weight excluding hydrogens is 229 g/mol. The predicted molar refractivity (Wildman–Crippen MR) is 61.8 cm³/mol. The fraction of sp³-hybridized carbons (Fsp3) is 0.500. The van der Waals surface area contributed by atoms with E-state index in [1.807, 2.05) is 0 Å². The van der Waals surface area contributed by atoms with E-state index in [1.54, 1.807) is 6.07 Å². The number of aliphatic hydroxyl groups is 1. The SMILES string of the molecule is NC(c1c(F)cccc1Cl)C1(O)CCCC1. The highest BCUT2D eigenvalue weighted by Gasteiger charge is 2.39. The number of benzene rings is 1. The summed E-state index contributed by atoms with van der Waals surface area (Å²) in [5.74, 6) is -0.444. The van der Waals surface area contributed by atoms with E-state index in [4.69, 9.17) is 17.3 Å². The van der Waals surface area contributed by atoms with Crippen molar-refractivity contribution >= 4 is 11.6 Å². The van der Waals surface area contributed by atoms with Crippen molar-refractivity contribution in [2.75, 3.05) is 0 Å². The average Bonchev–Trinajstić information content (AvgIpc) is 2.66. The van der Waals surface area contributed by atoms with Crippen LogP contribution in [0.1, 0.15) is 37.3 Å². The average molecular weight is 244 g/mol. The first-order valence-corrected chi connectivity index (χ1v) is 5.84. The van der Waals surface area contributed by atoms with Crippen LogP contribution in [0.15, 0.2) is 18.2 Å². The maximum atomic E-state index is 13.6. The Morgan fingerprint density at radius 1 is 1.38 bits per heavy atom. The zero-order valence-electron chi connectivity index (χ0n) is 8.92. The molecule has 2 rings (SSSR count). The summed E-state index contributed by atoms with van der Waals surface area (Å²) in [6, 6.07) is 3.70. The van der Waals surface area contributed by atoms with Gasteiger partial charge < -0.3 is 10.8 Å². The van der Waals surface area contributed by atoms with Crippen LogP contribution in [-0.2, 0) is 0 Å². The number of hydrogen-bond acceptors (Lipinski definition) is 2. The number of nitrogens with two attached hydrogens (primary N) is 1. The molecule has 0 aromatic heterocycles. The van der Waals surface area contributed by atoms with Crippen molar-refractivity contribution in [2.45, 2.75) is 37.3 Å². The molecule has 1 aliphatic rings. The Bertz CT molecular complexity index is 370. The highest BCUT2D eigenvalue weighted by atomic mass is 35.5. The summed E-state index contributed by atoms with van der Waals surface area (Å²) in [6.45, 7) is 0.